The van der Waals surface area contributed by atoms with Gasteiger partial charge in [0.15, 0.2) is 0 Å². The minimum atomic E-state index is -0.656. The van der Waals surface area contributed by atoms with E-state index in [0.717, 1.165) is 4.90 Å². The van der Waals surface area contributed by atoms with E-state index in [2.05, 4.69) is 0 Å². The molecule has 0 N–H and O–H groups in total. The molecule has 1 rings (SSSR count). The molecule has 0 saturated heterocycles. The molecule has 0 atom stereocenters. The second-order valence-corrected chi connectivity index (χ2v) is 4.67. The Hall–Kier alpha value is -1.84. The van der Waals surface area contributed by atoms with Crippen LogP contribution in [0.1, 0.15) is 27.7 Å². The number of rotatable bonds is 1. The zero-order valence-electron chi connectivity index (χ0n) is 10.6. The van der Waals surface area contributed by atoms with E-state index in [4.69, 9.17) is 4.74 Å². The lowest BCUT2D eigenvalue weighted by Gasteiger charge is -2.25. The number of para-hydroxylation sites is 1. The van der Waals surface area contributed by atoms with Gasteiger partial charge in [0, 0.05) is 6.92 Å². The molecular formula is C13H17NO3. The van der Waals surface area contributed by atoms with Gasteiger partial charge in [0.2, 0.25) is 5.91 Å². The zero-order chi connectivity index (χ0) is 13.1. The summed E-state index contributed by atoms with van der Waals surface area (Å²) in [6.45, 7) is 6.60. The van der Waals surface area contributed by atoms with Crippen LogP contribution in [0.4, 0.5) is 10.5 Å². The molecule has 0 aliphatic carbocycles. The molecule has 0 heterocycles. The lowest BCUT2D eigenvalue weighted by molar-refractivity contribution is -0.116. The largest absolute Gasteiger partial charge is 0.443 e. The van der Waals surface area contributed by atoms with Crippen molar-refractivity contribution in [1.82, 2.24) is 0 Å². The second kappa shape index (κ2) is 4.99. The molecule has 0 fully saturated rings. The molecule has 2 amide bonds. The molecule has 0 unspecified atom stereocenters. The number of nitrogens with zero attached hydrogens (tertiary/aromatic N) is 1. The summed E-state index contributed by atoms with van der Waals surface area (Å²) in [5.74, 6) is -0.370. The van der Waals surface area contributed by atoms with Gasteiger partial charge in [0.1, 0.15) is 5.60 Å². The van der Waals surface area contributed by atoms with Crippen molar-refractivity contribution < 1.29 is 14.3 Å². The highest BCUT2D eigenvalue weighted by molar-refractivity contribution is 6.11. The van der Waals surface area contributed by atoms with Crippen LogP contribution in [0.15, 0.2) is 30.3 Å². The van der Waals surface area contributed by atoms with Crippen LogP contribution in [0, 0.1) is 0 Å². The summed E-state index contributed by atoms with van der Waals surface area (Å²) in [6.07, 6.45) is -0.656. The van der Waals surface area contributed by atoms with Crippen LogP contribution in [0.3, 0.4) is 0 Å². The molecule has 4 nitrogen and oxygen atoms in total. The Morgan fingerprint density at radius 1 is 1.12 bits per heavy atom. The fraction of sp³-hybridized carbons (Fsp3) is 0.385. The molecule has 0 aliphatic rings. The first-order chi connectivity index (χ1) is 7.81. The highest BCUT2D eigenvalue weighted by Gasteiger charge is 2.26. The van der Waals surface area contributed by atoms with Crippen LogP contribution in [0.25, 0.3) is 0 Å². The molecule has 0 spiro atoms. The maximum Gasteiger partial charge on any atom is 0.421 e. The van der Waals surface area contributed by atoms with E-state index >= 15 is 0 Å². The maximum atomic E-state index is 11.9. The van der Waals surface area contributed by atoms with Gasteiger partial charge in [0.25, 0.3) is 0 Å². The number of carbonyl (C=O) groups excluding carboxylic acids is 2. The third-order valence-corrected chi connectivity index (χ3v) is 1.91. The fourth-order valence-corrected chi connectivity index (χ4v) is 1.30. The van der Waals surface area contributed by atoms with E-state index < -0.39 is 11.7 Å². The predicted octanol–water partition coefficient (Wildman–Crippen LogP) is 2.97. The van der Waals surface area contributed by atoms with Crippen LogP contribution in [0.2, 0.25) is 0 Å². The second-order valence-electron chi connectivity index (χ2n) is 4.67. The van der Waals surface area contributed by atoms with Gasteiger partial charge >= 0.3 is 6.09 Å². The zero-order valence-corrected chi connectivity index (χ0v) is 10.6. The van der Waals surface area contributed by atoms with E-state index in [1.807, 2.05) is 6.07 Å². The summed E-state index contributed by atoms with van der Waals surface area (Å²) in [5.41, 5.74) is -0.117. The molecule has 17 heavy (non-hydrogen) atoms. The fourth-order valence-electron chi connectivity index (χ4n) is 1.30. The Bertz CT molecular complexity index is 406. The van der Waals surface area contributed by atoms with Crippen molar-refractivity contribution in [2.24, 2.45) is 0 Å². The van der Waals surface area contributed by atoms with E-state index in [-0.39, 0.29) is 5.91 Å². The molecule has 0 aromatic heterocycles. The lowest BCUT2D eigenvalue weighted by atomic mass is 10.2. The van der Waals surface area contributed by atoms with Crippen LogP contribution in [0.5, 0.6) is 0 Å². The Morgan fingerprint density at radius 3 is 2.06 bits per heavy atom. The number of carbonyl (C=O) groups is 2. The Labute approximate surface area is 101 Å². The van der Waals surface area contributed by atoms with Crippen LogP contribution < -0.4 is 4.90 Å². The molecule has 0 saturated carbocycles. The predicted molar refractivity (Wildman–Crippen MR) is 65.8 cm³/mol. The molecule has 0 aliphatic heterocycles. The van der Waals surface area contributed by atoms with Gasteiger partial charge in [-0.1, -0.05) is 18.2 Å². The minimum absolute atomic E-state index is 0.370. The van der Waals surface area contributed by atoms with Crippen molar-refractivity contribution in [1.29, 1.82) is 0 Å². The smallest absolute Gasteiger partial charge is 0.421 e. The first kappa shape index (κ1) is 13.2. The molecule has 1 aromatic carbocycles. The quantitative estimate of drug-likeness (QED) is 0.751. The number of hydrogen-bond donors (Lipinski definition) is 0. The van der Waals surface area contributed by atoms with Gasteiger partial charge in [-0.25, -0.2) is 9.69 Å². The first-order valence-corrected chi connectivity index (χ1v) is 5.40. The van der Waals surface area contributed by atoms with Gasteiger partial charge in [-0.3, -0.25) is 4.79 Å². The minimum Gasteiger partial charge on any atom is -0.443 e. The van der Waals surface area contributed by atoms with Gasteiger partial charge in [0.05, 0.1) is 5.69 Å². The van der Waals surface area contributed by atoms with Crippen LogP contribution in [-0.2, 0) is 9.53 Å². The topological polar surface area (TPSA) is 46.6 Å². The van der Waals surface area contributed by atoms with E-state index in [9.17, 15) is 9.59 Å². The van der Waals surface area contributed by atoms with Gasteiger partial charge < -0.3 is 4.74 Å². The van der Waals surface area contributed by atoms with E-state index in [1.165, 1.54) is 6.92 Å². The van der Waals surface area contributed by atoms with Crippen LogP contribution in [-0.4, -0.2) is 17.6 Å². The van der Waals surface area contributed by atoms with Crippen molar-refractivity contribution in [3.05, 3.63) is 30.3 Å². The maximum absolute atomic E-state index is 11.9. The van der Waals surface area contributed by atoms with Crippen molar-refractivity contribution >= 4 is 17.7 Å². The summed E-state index contributed by atoms with van der Waals surface area (Å²) in [6, 6.07) is 8.71. The van der Waals surface area contributed by atoms with Gasteiger partial charge in [-0.05, 0) is 32.9 Å². The Kier molecular flexibility index (Phi) is 3.89. The lowest BCUT2D eigenvalue weighted by Crippen LogP contribution is -2.39. The number of ether oxygens (including phenoxy) is 1. The number of anilines is 1. The van der Waals surface area contributed by atoms with Gasteiger partial charge in [-0.2, -0.15) is 0 Å². The van der Waals surface area contributed by atoms with Crippen molar-refractivity contribution in [2.45, 2.75) is 33.3 Å². The monoisotopic (exact) mass is 235 g/mol. The highest BCUT2D eigenvalue weighted by atomic mass is 16.6. The number of hydrogen-bond acceptors (Lipinski definition) is 3. The molecule has 92 valence electrons. The average Bonchev–Trinajstić information content (AvgIpc) is 2.15. The first-order valence-electron chi connectivity index (χ1n) is 5.40. The summed E-state index contributed by atoms with van der Waals surface area (Å²) in [7, 11) is 0. The van der Waals surface area contributed by atoms with Crippen LogP contribution >= 0.6 is 0 Å². The number of benzene rings is 1. The highest BCUT2D eigenvalue weighted by Crippen LogP contribution is 2.17. The average molecular weight is 235 g/mol. The molecule has 0 bridgehead atoms. The number of amides is 2. The third kappa shape index (κ3) is 3.90. The molecule has 0 radical (unpaired) electrons. The Balaban J connectivity index is 2.96. The summed E-state index contributed by atoms with van der Waals surface area (Å²) in [4.78, 5) is 24.4. The van der Waals surface area contributed by atoms with E-state index in [0.29, 0.717) is 5.69 Å². The van der Waals surface area contributed by atoms with Crippen molar-refractivity contribution in [3.8, 4) is 0 Å². The van der Waals surface area contributed by atoms with Crippen molar-refractivity contribution in [3.63, 3.8) is 0 Å². The Morgan fingerprint density at radius 2 is 1.65 bits per heavy atom. The summed E-state index contributed by atoms with van der Waals surface area (Å²) >= 11 is 0. The third-order valence-electron chi connectivity index (χ3n) is 1.91. The van der Waals surface area contributed by atoms with Gasteiger partial charge in [-0.15, -0.1) is 0 Å². The van der Waals surface area contributed by atoms with Crippen molar-refractivity contribution in [2.75, 3.05) is 4.90 Å². The standard InChI is InChI=1S/C13H17NO3/c1-10(15)14(11-8-6-5-7-9-11)12(16)17-13(2,3)4/h5-9H,1-4H3. The molecular weight excluding hydrogens is 218 g/mol. The molecule has 1 aromatic rings. The van der Waals surface area contributed by atoms with E-state index in [1.54, 1.807) is 45.0 Å². The number of imide groups is 1. The molecule has 4 heteroatoms. The normalized spacial score (nSPS) is 10.8. The summed E-state index contributed by atoms with van der Waals surface area (Å²) in [5, 5.41) is 0. The summed E-state index contributed by atoms with van der Waals surface area (Å²) < 4.78 is 5.18. The SMILES string of the molecule is CC(=O)N(C(=O)OC(C)(C)C)c1ccccc1.